The summed E-state index contributed by atoms with van der Waals surface area (Å²) in [5.74, 6) is 0.210. The first-order valence-corrected chi connectivity index (χ1v) is 4.61. The molecule has 0 amide bonds. The van der Waals surface area contributed by atoms with Crippen molar-refractivity contribution < 1.29 is 19.8 Å². The number of rotatable bonds is 3. The summed E-state index contributed by atoms with van der Waals surface area (Å²) in [6.07, 6.45) is 1.08. The van der Waals surface area contributed by atoms with Crippen molar-refractivity contribution in [1.29, 1.82) is 10.8 Å². The summed E-state index contributed by atoms with van der Waals surface area (Å²) in [7, 11) is 0. The normalized spacial score (nSPS) is 10.9. The molecule has 0 spiro atoms. The molecule has 6 nitrogen and oxygen atoms in total. The Bertz CT molecular complexity index is 215. The van der Waals surface area contributed by atoms with Gasteiger partial charge in [-0.15, -0.1) is 0 Å². The average Bonchev–Trinajstić information content (AvgIpc) is 2.19. The Labute approximate surface area is 95.3 Å². The second-order valence-corrected chi connectivity index (χ2v) is 4.04. The van der Waals surface area contributed by atoms with Gasteiger partial charge >= 0.3 is 0 Å². The third-order valence-corrected chi connectivity index (χ3v) is 1.84. The molecule has 0 saturated heterocycles. The zero-order chi connectivity index (χ0) is 13.8. The Kier molecular flexibility index (Phi) is 14.8. The zero-order valence-electron chi connectivity index (χ0n) is 10.1. The maximum atomic E-state index is 9.49. The lowest BCUT2D eigenvalue weighted by Crippen LogP contribution is -2.36. The quantitative estimate of drug-likeness (QED) is 0.425. The summed E-state index contributed by atoms with van der Waals surface area (Å²) < 4.78 is 0. The van der Waals surface area contributed by atoms with Gasteiger partial charge in [0, 0.05) is 5.41 Å². The molecule has 0 aliphatic rings. The second kappa shape index (κ2) is 11.8. The Balaban J connectivity index is -0.000000235. The van der Waals surface area contributed by atoms with E-state index in [1.807, 2.05) is 27.7 Å². The summed E-state index contributed by atoms with van der Waals surface area (Å²) in [5.41, 5.74) is -0.367. The fourth-order valence-corrected chi connectivity index (χ4v) is 0.996. The topological polar surface area (TPSA) is 122 Å². The molecule has 0 rings (SSSR count). The summed E-state index contributed by atoms with van der Waals surface area (Å²) in [5, 5.41) is 29.2. The lowest BCUT2D eigenvalue weighted by atomic mass is 9.82. The van der Waals surface area contributed by atoms with Crippen LogP contribution in [-0.2, 0) is 9.59 Å². The van der Waals surface area contributed by atoms with Crippen LogP contribution in [0.2, 0.25) is 0 Å². The van der Waals surface area contributed by atoms with E-state index in [0.29, 0.717) is 0 Å². The highest BCUT2D eigenvalue weighted by Crippen LogP contribution is 2.24. The number of isocyanates is 2. The van der Waals surface area contributed by atoms with Crippen LogP contribution in [0.1, 0.15) is 27.7 Å². The van der Waals surface area contributed by atoms with Crippen LogP contribution in [0.3, 0.4) is 0 Å². The van der Waals surface area contributed by atoms with Crippen LogP contribution in [0.25, 0.3) is 0 Å². The highest BCUT2D eigenvalue weighted by Gasteiger charge is 2.28. The minimum Gasteiger partial charge on any atom is -0.396 e. The van der Waals surface area contributed by atoms with Crippen molar-refractivity contribution in [3.8, 4) is 0 Å². The molecule has 0 fully saturated rings. The van der Waals surface area contributed by atoms with Crippen LogP contribution in [-0.4, -0.2) is 35.1 Å². The van der Waals surface area contributed by atoms with Gasteiger partial charge in [0.05, 0.1) is 12.7 Å². The number of aliphatic hydroxyl groups is 2. The van der Waals surface area contributed by atoms with Crippen molar-refractivity contribution in [2.45, 2.75) is 33.8 Å². The Hall–Kier alpha value is -1.32. The lowest BCUT2D eigenvalue weighted by Gasteiger charge is -2.30. The van der Waals surface area contributed by atoms with E-state index in [0.717, 1.165) is 12.2 Å². The van der Waals surface area contributed by atoms with Crippen molar-refractivity contribution in [2.75, 3.05) is 6.61 Å². The fourth-order valence-electron chi connectivity index (χ4n) is 0.996. The minimum absolute atomic E-state index is 0.0341. The third-order valence-electron chi connectivity index (χ3n) is 1.84. The molecule has 0 aromatic carbocycles. The molecule has 16 heavy (non-hydrogen) atoms. The first-order chi connectivity index (χ1) is 7.24. The first-order valence-electron chi connectivity index (χ1n) is 4.61. The number of nitrogens with one attached hydrogen (secondary N) is 2. The Morgan fingerprint density at radius 1 is 1.19 bits per heavy atom. The van der Waals surface area contributed by atoms with E-state index in [9.17, 15) is 5.11 Å². The van der Waals surface area contributed by atoms with Gasteiger partial charge in [0.25, 0.3) is 0 Å². The van der Waals surface area contributed by atoms with Crippen molar-refractivity contribution >= 4 is 12.2 Å². The van der Waals surface area contributed by atoms with Gasteiger partial charge in [-0.05, 0) is 5.92 Å². The molecular weight excluding hydrogens is 212 g/mol. The molecule has 94 valence electrons. The number of carbonyl (C=O) groups excluding carboxylic acids is 2. The number of hydrogen-bond donors (Lipinski definition) is 4. The van der Waals surface area contributed by atoms with Crippen LogP contribution < -0.4 is 0 Å². The van der Waals surface area contributed by atoms with Crippen LogP contribution in [0, 0.1) is 22.2 Å². The van der Waals surface area contributed by atoms with Gasteiger partial charge in [-0.2, -0.15) is 0 Å². The molecule has 6 heteroatoms. The maximum Gasteiger partial charge on any atom is 0.231 e. The van der Waals surface area contributed by atoms with Crippen LogP contribution >= 0.6 is 0 Å². The standard InChI is InChI=1S/C8H18O2.2CHNO/c1-6(2)7(10)8(3,4)5-9;2*2-1-3/h6-7,9-10H,5H2,1-4H3;2*2H. The molecule has 0 aromatic rings. The largest absolute Gasteiger partial charge is 0.396 e. The van der Waals surface area contributed by atoms with Crippen molar-refractivity contribution in [3.63, 3.8) is 0 Å². The van der Waals surface area contributed by atoms with Gasteiger partial charge in [0.2, 0.25) is 12.2 Å². The fraction of sp³-hybridized carbons (Fsp3) is 0.800. The molecule has 0 heterocycles. The molecule has 0 radical (unpaired) electrons. The maximum absolute atomic E-state index is 9.49. The van der Waals surface area contributed by atoms with Gasteiger partial charge in [-0.3, -0.25) is 0 Å². The zero-order valence-corrected chi connectivity index (χ0v) is 10.1. The highest BCUT2D eigenvalue weighted by atomic mass is 16.3. The van der Waals surface area contributed by atoms with Crippen LogP contribution in [0.4, 0.5) is 0 Å². The van der Waals surface area contributed by atoms with E-state index in [1.54, 1.807) is 0 Å². The van der Waals surface area contributed by atoms with Crippen molar-refractivity contribution in [1.82, 2.24) is 0 Å². The number of aliphatic hydroxyl groups excluding tert-OH is 2. The van der Waals surface area contributed by atoms with E-state index in [-0.39, 0.29) is 17.9 Å². The second-order valence-electron chi connectivity index (χ2n) is 4.04. The summed E-state index contributed by atoms with van der Waals surface area (Å²) in [6, 6.07) is 0. The predicted octanol–water partition coefficient (Wildman–Crippen LogP) is 0.824. The molecular formula is C10H20N2O4. The van der Waals surface area contributed by atoms with Gasteiger partial charge in [0.1, 0.15) is 0 Å². The number of hydrogen-bond acceptors (Lipinski definition) is 6. The molecule has 0 aromatic heterocycles. The lowest BCUT2D eigenvalue weighted by molar-refractivity contribution is -0.0204. The smallest absolute Gasteiger partial charge is 0.231 e. The van der Waals surface area contributed by atoms with Gasteiger partial charge in [-0.25, -0.2) is 20.4 Å². The van der Waals surface area contributed by atoms with Crippen LogP contribution in [0.5, 0.6) is 0 Å². The summed E-state index contributed by atoms with van der Waals surface area (Å²) in [6.45, 7) is 7.64. The van der Waals surface area contributed by atoms with E-state index >= 15 is 0 Å². The van der Waals surface area contributed by atoms with Crippen LogP contribution in [0.15, 0.2) is 0 Å². The SMILES string of the molecule is CC(C)C(O)C(C)(C)CO.N=C=O.N=C=O. The van der Waals surface area contributed by atoms with Gasteiger partial charge in [-0.1, -0.05) is 27.7 Å². The predicted molar refractivity (Wildman–Crippen MR) is 58.5 cm³/mol. The van der Waals surface area contributed by atoms with Crippen molar-refractivity contribution in [2.24, 2.45) is 11.3 Å². The van der Waals surface area contributed by atoms with E-state index in [4.69, 9.17) is 25.5 Å². The van der Waals surface area contributed by atoms with Gasteiger partial charge < -0.3 is 10.2 Å². The third kappa shape index (κ3) is 12.7. The van der Waals surface area contributed by atoms with E-state index in [1.165, 1.54) is 0 Å². The Morgan fingerprint density at radius 2 is 1.44 bits per heavy atom. The van der Waals surface area contributed by atoms with E-state index < -0.39 is 6.10 Å². The monoisotopic (exact) mass is 232 g/mol. The van der Waals surface area contributed by atoms with Crippen molar-refractivity contribution in [3.05, 3.63) is 0 Å². The Morgan fingerprint density at radius 3 is 1.50 bits per heavy atom. The molecule has 0 saturated carbocycles. The minimum atomic E-state index is -0.419. The molecule has 0 bridgehead atoms. The average molecular weight is 232 g/mol. The highest BCUT2D eigenvalue weighted by molar-refractivity contribution is 5.26. The summed E-state index contributed by atoms with van der Waals surface area (Å²) >= 11 is 0. The molecule has 1 unspecified atom stereocenters. The first kappa shape index (κ1) is 20.1. The summed E-state index contributed by atoms with van der Waals surface area (Å²) in [4.78, 5) is 16.7. The van der Waals surface area contributed by atoms with Gasteiger partial charge in [0.15, 0.2) is 0 Å². The molecule has 4 N–H and O–H groups in total. The molecule has 0 aliphatic heterocycles. The molecule has 0 aliphatic carbocycles. The molecule has 1 atom stereocenters. The van der Waals surface area contributed by atoms with E-state index in [2.05, 4.69) is 0 Å².